The summed E-state index contributed by atoms with van der Waals surface area (Å²) in [6.07, 6.45) is 5.40. The van der Waals surface area contributed by atoms with E-state index in [9.17, 15) is 4.79 Å². The van der Waals surface area contributed by atoms with Crippen LogP contribution in [0.25, 0.3) is 0 Å². The zero-order chi connectivity index (χ0) is 14.7. The zero-order valence-corrected chi connectivity index (χ0v) is 13.4. The average Bonchev–Trinajstić information content (AvgIpc) is 3.05. The van der Waals surface area contributed by atoms with Gasteiger partial charge in [0.05, 0.1) is 6.04 Å². The molecule has 2 saturated heterocycles. The summed E-state index contributed by atoms with van der Waals surface area (Å²) in [4.78, 5) is 14.6. The molecule has 2 aliphatic rings. The van der Waals surface area contributed by atoms with Crippen molar-refractivity contribution >= 4 is 17.7 Å². The molecule has 2 fully saturated rings. The fourth-order valence-electron chi connectivity index (χ4n) is 3.03. The molecule has 0 aromatic carbocycles. The highest BCUT2D eigenvalue weighted by Gasteiger charge is 2.26. The largest absolute Gasteiger partial charge is 0.335 e. The molecule has 5 nitrogen and oxygen atoms in total. The summed E-state index contributed by atoms with van der Waals surface area (Å²) in [6, 6.07) is 2.26. The third-order valence-corrected chi connectivity index (χ3v) is 5.73. The number of piperidine rings is 1. The molecule has 1 aromatic rings. The van der Waals surface area contributed by atoms with Crippen molar-refractivity contribution < 1.29 is 4.79 Å². The molecule has 2 aliphatic heterocycles. The van der Waals surface area contributed by atoms with Gasteiger partial charge in [0.1, 0.15) is 5.69 Å². The van der Waals surface area contributed by atoms with E-state index in [0.717, 1.165) is 44.8 Å². The first kappa shape index (κ1) is 14.9. The third-order valence-electron chi connectivity index (χ3n) is 4.35. The summed E-state index contributed by atoms with van der Waals surface area (Å²) >= 11 is 1.98. The Bertz CT molecular complexity index is 484. The molecule has 0 bridgehead atoms. The van der Waals surface area contributed by atoms with Crippen LogP contribution in [0.1, 0.15) is 42.7 Å². The maximum absolute atomic E-state index is 12.6. The Morgan fingerprint density at radius 3 is 3.24 bits per heavy atom. The number of hydrogen-bond acceptors (Lipinski definition) is 4. The van der Waals surface area contributed by atoms with Crippen molar-refractivity contribution in [3.63, 3.8) is 0 Å². The van der Waals surface area contributed by atoms with E-state index in [1.165, 1.54) is 6.42 Å². The van der Waals surface area contributed by atoms with Crippen LogP contribution >= 0.6 is 11.8 Å². The van der Waals surface area contributed by atoms with Gasteiger partial charge in [-0.3, -0.25) is 9.48 Å². The van der Waals surface area contributed by atoms with Crippen LogP contribution < -0.4 is 5.32 Å². The van der Waals surface area contributed by atoms with Crippen molar-refractivity contribution in [2.75, 3.05) is 31.9 Å². The van der Waals surface area contributed by atoms with E-state index in [1.54, 1.807) is 0 Å². The van der Waals surface area contributed by atoms with Crippen LogP contribution in [0.3, 0.4) is 0 Å². The number of aromatic nitrogens is 2. The van der Waals surface area contributed by atoms with Gasteiger partial charge in [0, 0.05) is 36.8 Å². The lowest BCUT2D eigenvalue weighted by Gasteiger charge is -2.31. The normalized spacial score (nSPS) is 26.8. The van der Waals surface area contributed by atoms with E-state index in [0.29, 0.717) is 17.0 Å². The molecule has 1 aromatic heterocycles. The summed E-state index contributed by atoms with van der Waals surface area (Å²) in [5.41, 5.74) is 0.599. The Labute approximate surface area is 130 Å². The second-order valence-electron chi connectivity index (χ2n) is 5.83. The van der Waals surface area contributed by atoms with Crippen molar-refractivity contribution in [1.29, 1.82) is 0 Å². The van der Waals surface area contributed by atoms with E-state index in [1.807, 2.05) is 33.6 Å². The van der Waals surface area contributed by atoms with E-state index in [4.69, 9.17) is 0 Å². The maximum atomic E-state index is 12.6. The summed E-state index contributed by atoms with van der Waals surface area (Å²) in [5, 5.41) is 8.50. The van der Waals surface area contributed by atoms with Crippen LogP contribution in [-0.4, -0.2) is 57.8 Å². The fourth-order valence-corrected chi connectivity index (χ4v) is 4.21. The van der Waals surface area contributed by atoms with Gasteiger partial charge in [-0.05, 0) is 31.9 Å². The number of rotatable bonds is 3. The van der Waals surface area contributed by atoms with Crippen molar-refractivity contribution in [3.8, 4) is 0 Å². The molecule has 2 unspecified atom stereocenters. The molecule has 1 amide bonds. The summed E-state index contributed by atoms with van der Waals surface area (Å²) in [6.45, 7) is 5.94. The Balaban J connectivity index is 1.66. The highest BCUT2D eigenvalue weighted by atomic mass is 32.2. The first-order valence-corrected chi connectivity index (χ1v) is 8.99. The smallest absolute Gasteiger partial charge is 0.274 e. The van der Waals surface area contributed by atoms with Gasteiger partial charge in [-0.15, -0.1) is 0 Å². The summed E-state index contributed by atoms with van der Waals surface area (Å²) < 4.78 is 1.97. The van der Waals surface area contributed by atoms with Crippen molar-refractivity contribution in [2.45, 2.75) is 37.5 Å². The molecule has 0 aliphatic carbocycles. The number of nitrogens with zero attached hydrogens (tertiary/aromatic N) is 3. The summed E-state index contributed by atoms with van der Waals surface area (Å²) in [5.74, 6) is 1.13. The van der Waals surface area contributed by atoms with Gasteiger partial charge in [0.2, 0.25) is 0 Å². The Hall–Kier alpha value is -1.01. The van der Waals surface area contributed by atoms with Gasteiger partial charge in [-0.2, -0.15) is 16.9 Å². The Morgan fingerprint density at radius 2 is 2.48 bits per heavy atom. The number of nitrogens with one attached hydrogen (secondary N) is 1. The molecule has 3 heterocycles. The number of carbonyl (C=O) groups excluding carboxylic acids is 1. The predicted molar refractivity (Wildman–Crippen MR) is 85.8 cm³/mol. The minimum Gasteiger partial charge on any atom is -0.335 e. The Kier molecular flexibility index (Phi) is 4.85. The second kappa shape index (κ2) is 6.83. The van der Waals surface area contributed by atoms with Gasteiger partial charge in [-0.25, -0.2) is 0 Å². The van der Waals surface area contributed by atoms with E-state index in [-0.39, 0.29) is 5.91 Å². The zero-order valence-electron chi connectivity index (χ0n) is 12.6. The van der Waals surface area contributed by atoms with Crippen LogP contribution in [0.4, 0.5) is 0 Å². The highest BCUT2D eigenvalue weighted by molar-refractivity contribution is 8.00. The lowest BCUT2D eigenvalue weighted by Crippen LogP contribution is -2.42. The standard InChI is InChI=1S/C15H24N4OS/c1-2-13-11-18(8-9-21-13)15(20)14-5-7-19(17-14)12-4-3-6-16-10-12/h5,7,12-13,16H,2-4,6,8-11H2,1H3. The monoisotopic (exact) mass is 308 g/mol. The Morgan fingerprint density at radius 1 is 1.57 bits per heavy atom. The van der Waals surface area contributed by atoms with E-state index >= 15 is 0 Å². The number of hydrogen-bond donors (Lipinski definition) is 1. The number of thioether (sulfide) groups is 1. The van der Waals surface area contributed by atoms with Gasteiger partial charge in [0.15, 0.2) is 0 Å². The molecule has 0 spiro atoms. The molecule has 1 N–H and O–H groups in total. The first-order valence-electron chi connectivity index (χ1n) is 7.94. The molecule has 21 heavy (non-hydrogen) atoms. The van der Waals surface area contributed by atoms with Gasteiger partial charge >= 0.3 is 0 Å². The molecule has 6 heteroatoms. The lowest BCUT2D eigenvalue weighted by molar-refractivity contribution is 0.0753. The van der Waals surface area contributed by atoms with Gasteiger partial charge in [0.25, 0.3) is 5.91 Å². The summed E-state index contributed by atoms with van der Waals surface area (Å²) in [7, 11) is 0. The molecular weight excluding hydrogens is 284 g/mol. The lowest BCUT2D eigenvalue weighted by atomic mass is 10.1. The highest BCUT2D eigenvalue weighted by Crippen LogP contribution is 2.22. The van der Waals surface area contributed by atoms with Crippen molar-refractivity contribution in [1.82, 2.24) is 20.0 Å². The SMILES string of the molecule is CCC1CN(C(=O)c2ccn(C3CCCNC3)n2)CCS1. The van der Waals surface area contributed by atoms with Crippen LogP contribution in [0, 0.1) is 0 Å². The van der Waals surface area contributed by atoms with E-state index < -0.39 is 0 Å². The van der Waals surface area contributed by atoms with Gasteiger partial charge in [-0.1, -0.05) is 6.92 Å². The van der Waals surface area contributed by atoms with Gasteiger partial charge < -0.3 is 10.2 Å². The van der Waals surface area contributed by atoms with Crippen LogP contribution in [0.5, 0.6) is 0 Å². The quantitative estimate of drug-likeness (QED) is 0.925. The van der Waals surface area contributed by atoms with Crippen LogP contribution in [0.15, 0.2) is 12.3 Å². The molecule has 0 radical (unpaired) electrons. The van der Waals surface area contributed by atoms with Crippen molar-refractivity contribution in [2.24, 2.45) is 0 Å². The topological polar surface area (TPSA) is 50.2 Å². The number of amides is 1. The number of carbonyl (C=O) groups is 1. The fraction of sp³-hybridized carbons (Fsp3) is 0.733. The third kappa shape index (κ3) is 3.43. The minimum absolute atomic E-state index is 0.0938. The predicted octanol–water partition coefficient (Wildman–Crippen LogP) is 1.78. The van der Waals surface area contributed by atoms with Crippen LogP contribution in [0.2, 0.25) is 0 Å². The molecule has 116 valence electrons. The maximum Gasteiger partial charge on any atom is 0.274 e. The second-order valence-corrected chi connectivity index (χ2v) is 7.24. The van der Waals surface area contributed by atoms with Crippen LogP contribution in [-0.2, 0) is 0 Å². The molecular formula is C15H24N4OS. The van der Waals surface area contributed by atoms with E-state index in [2.05, 4.69) is 17.3 Å². The average molecular weight is 308 g/mol. The molecule has 3 rings (SSSR count). The molecule has 0 saturated carbocycles. The first-order chi connectivity index (χ1) is 10.3. The van der Waals surface area contributed by atoms with Crippen molar-refractivity contribution in [3.05, 3.63) is 18.0 Å². The molecule has 2 atom stereocenters. The minimum atomic E-state index is 0.0938.